The van der Waals surface area contributed by atoms with Crippen LogP contribution in [-0.2, 0) is 10.0 Å². The summed E-state index contributed by atoms with van der Waals surface area (Å²) in [5, 5.41) is 8.78. The van der Waals surface area contributed by atoms with Gasteiger partial charge in [-0.3, -0.25) is 0 Å². The summed E-state index contributed by atoms with van der Waals surface area (Å²) >= 11 is 3.02. The molecular weight excluding hydrogens is 286 g/mol. The van der Waals surface area contributed by atoms with Gasteiger partial charge in [0.05, 0.1) is 10.5 Å². The smallest absolute Gasteiger partial charge is 0.336 e. The number of halogens is 1. The van der Waals surface area contributed by atoms with Crippen molar-refractivity contribution in [3.05, 3.63) is 28.2 Å². The third-order valence-corrected chi connectivity index (χ3v) is 3.85. The standard InChI is InChI=1S/C8H8BrNO4S/c1-10-15(13,14)5-2-3-7(9)6(4-5)8(11)12/h2-4,10H,1H3,(H,11,12). The molecule has 0 unspecified atom stereocenters. The number of nitrogens with one attached hydrogen (secondary N) is 1. The number of carboxylic acid groups (broad SMARTS) is 1. The van der Waals surface area contributed by atoms with Crippen molar-refractivity contribution in [3.63, 3.8) is 0 Å². The second kappa shape index (κ2) is 4.30. The average molecular weight is 294 g/mol. The minimum absolute atomic E-state index is 0.0781. The van der Waals surface area contributed by atoms with Gasteiger partial charge in [0, 0.05) is 4.47 Å². The lowest BCUT2D eigenvalue weighted by Crippen LogP contribution is -2.19. The summed E-state index contributed by atoms with van der Waals surface area (Å²) in [6, 6.07) is 3.80. The minimum atomic E-state index is -3.61. The SMILES string of the molecule is CNS(=O)(=O)c1ccc(Br)c(C(=O)O)c1. The number of carbonyl (C=O) groups is 1. The van der Waals surface area contributed by atoms with Gasteiger partial charge in [0.25, 0.3) is 0 Å². The normalized spacial score (nSPS) is 11.3. The van der Waals surface area contributed by atoms with Crippen molar-refractivity contribution in [1.82, 2.24) is 4.72 Å². The molecule has 0 heterocycles. The van der Waals surface area contributed by atoms with E-state index >= 15 is 0 Å². The molecule has 7 heteroatoms. The van der Waals surface area contributed by atoms with Crippen molar-refractivity contribution in [2.75, 3.05) is 7.05 Å². The molecule has 15 heavy (non-hydrogen) atoms. The van der Waals surface area contributed by atoms with Crippen LogP contribution in [0.2, 0.25) is 0 Å². The van der Waals surface area contributed by atoms with Gasteiger partial charge in [0.15, 0.2) is 0 Å². The van der Waals surface area contributed by atoms with E-state index < -0.39 is 16.0 Å². The van der Waals surface area contributed by atoms with Gasteiger partial charge in [0.2, 0.25) is 10.0 Å². The van der Waals surface area contributed by atoms with Crippen LogP contribution < -0.4 is 4.72 Å². The van der Waals surface area contributed by atoms with Gasteiger partial charge in [-0.05, 0) is 41.2 Å². The molecule has 0 bridgehead atoms. The molecule has 1 aromatic rings. The van der Waals surface area contributed by atoms with Gasteiger partial charge in [-0.15, -0.1) is 0 Å². The topological polar surface area (TPSA) is 83.5 Å². The number of rotatable bonds is 3. The monoisotopic (exact) mass is 293 g/mol. The number of carboxylic acids is 1. The Hall–Kier alpha value is -0.920. The molecule has 0 aliphatic rings. The molecule has 0 atom stereocenters. The highest BCUT2D eigenvalue weighted by molar-refractivity contribution is 9.10. The Labute approximate surface area is 95.3 Å². The second-order valence-corrected chi connectivity index (χ2v) is 5.40. The lowest BCUT2D eigenvalue weighted by atomic mass is 10.2. The molecular formula is C8H8BrNO4S. The molecule has 0 fully saturated rings. The summed E-state index contributed by atoms with van der Waals surface area (Å²) in [5.74, 6) is -1.19. The summed E-state index contributed by atoms with van der Waals surface area (Å²) < 4.78 is 25.2. The first kappa shape index (κ1) is 12.2. The Bertz CT molecular complexity index is 497. The van der Waals surface area contributed by atoms with Crippen molar-refractivity contribution >= 4 is 31.9 Å². The Morgan fingerprint density at radius 1 is 1.47 bits per heavy atom. The van der Waals surface area contributed by atoms with E-state index in [1.54, 1.807) is 0 Å². The fourth-order valence-corrected chi connectivity index (χ4v) is 2.13. The highest BCUT2D eigenvalue weighted by atomic mass is 79.9. The maximum absolute atomic E-state index is 11.4. The van der Waals surface area contributed by atoms with Crippen molar-refractivity contribution in [2.24, 2.45) is 0 Å². The van der Waals surface area contributed by atoms with E-state index in [-0.39, 0.29) is 10.5 Å². The zero-order valence-electron chi connectivity index (χ0n) is 7.69. The number of benzene rings is 1. The van der Waals surface area contributed by atoms with Gasteiger partial charge >= 0.3 is 5.97 Å². The number of hydrogen-bond acceptors (Lipinski definition) is 3. The largest absolute Gasteiger partial charge is 0.478 e. The van der Waals surface area contributed by atoms with E-state index in [2.05, 4.69) is 20.7 Å². The van der Waals surface area contributed by atoms with E-state index in [1.165, 1.54) is 19.2 Å². The molecule has 82 valence electrons. The third-order valence-electron chi connectivity index (χ3n) is 1.75. The Kier molecular flexibility index (Phi) is 3.48. The Morgan fingerprint density at radius 3 is 2.53 bits per heavy atom. The average Bonchev–Trinajstić information content (AvgIpc) is 2.17. The van der Waals surface area contributed by atoms with Crippen LogP contribution in [0.15, 0.2) is 27.6 Å². The van der Waals surface area contributed by atoms with Crippen LogP contribution in [0.25, 0.3) is 0 Å². The predicted molar refractivity (Wildman–Crippen MR) is 57.3 cm³/mol. The predicted octanol–water partition coefficient (Wildman–Crippen LogP) is 1.06. The van der Waals surface area contributed by atoms with Crippen molar-refractivity contribution < 1.29 is 18.3 Å². The first-order valence-electron chi connectivity index (χ1n) is 3.85. The highest BCUT2D eigenvalue weighted by Crippen LogP contribution is 2.20. The zero-order valence-corrected chi connectivity index (χ0v) is 10.1. The summed E-state index contributed by atoms with van der Waals surface area (Å²) in [6.45, 7) is 0. The van der Waals surface area contributed by atoms with Gasteiger partial charge in [-0.25, -0.2) is 17.9 Å². The van der Waals surface area contributed by atoms with Crippen LogP contribution >= 0.6 is 15.9 Å². The number of sulfonamides is 1. The summed E-state index contributed by atoms with van der Waals surface area (Å²) in [6.07, 6.45) is 0. The first-order valence-corrected chi connectivity index (χ1v) is 6.12. The van der Waals surface area contributed by atoms with Crippen LogP contribution in [0, 0.1) is 0 Å². The fraction of sp³-hybridized carbons (Fsp3) is 0.125. The van der Waals surface area contributed by atoms with Crippen LogP contribution in [0.5, 0.6) is 0 Å². The number of aromatic carboxylic acids is 1. The second-order valence-electron chi connectivity index (χ2n) is 2.65. The molecule has 0 radical (unpaired) electrons. The van der Waals surface area contributed by atoms with Crippen molar-refractivity contribution in [1.29, 1.82) is 0 Å². The summed E-state index contributed by atoms with van der Waals surface area (Å²) in [7, 11) is -2.34. The molecule has 1 aromatic carbocycles. The molecule has 2 N–H and O–H groups in total. The Morgan fingerprint density at radius 2 is 2.07 bits per heavy atom. The summed E-state index contributed by atoms with van der Waals surface area (Å²) in [5.41, 5.74) is -0.0914. The molecule has 0 aromatic heterocycles. The molecule has 5 nitrogen and oxygen atoms in total. The van der Waals surface area contributed by atoms with E-state index in [0.29, 0.717) is 4.47 Å². The van der Waals surface area contributed by atoms with E-state index in [1.807, 2.05) is 0 Å². The summed E-state index contributed by atoms with van der Waals surface area (Å²) in [4.78, 5) is 10.7. The van der Waals surface area contributed by atoms with E-state index in [9.17, 15) is 13.2 Å². The van der Waals surface area contributed by atoms with Crippen LogP contribution in [-0.4, -0.2) is 26.5 Å². The van der Waals surface area contributed by atoms with E-state index in [0.717, 1.165) is 6.07 Å². The van der Waals surface area contributed by atoms with Crippen molar-refractivity contribution in [3.8, 4) is 0 Å². The lowest BCUT2D eigenvalue weighted by Gasteiger charge is -2.04. The van der Waals surface area contributed by atoms with Gasteiger partial charge in [0.1, 0.15) is 0 Å². The van der Waals surface area contributed by atoms with Gasteiger partial charge in [-0.2, -0.15) is 0 Å². The Balaban J connectivity index is 3.38. The molecule has 0 spiro atoms. The fourth-order valence-electron chi connectivity index (χ4n) is 0.953. The van der Waals surface area contributed by atoms with Gasteiger partial charge < -0.3 is 5.11 Å². The van der Waals surface area contributed by atoms with Crippen molar-refractivity contribution in [2.45, 2.75) is 4.90 Å². The minimum Gasteiger partial charge on any atom is -0.478 e. The maximum Gasteiger partial charge on any atom is 0.336 e. The third kappa shape index (κ3) is 2.55. The molecule has 1 rings (SSSR count). The maximum atomic E-state index is 11.4. The van der Waals surface area contributed by atoms with Crippen LogP contribution in [0.3, 0.4) is 0 Å². The highest BCUT2D eigenvalue weighted by Gasteiger charge is 2.16. The van der Waals surface area contributed by atoms with E-state index in [4.69, 9.17) is 5.11 Å². The number of hydrogen-bond donors (Lipinski definition) is 2. The molecule has 0 aliphatic carbocycles. The van der Waals surface area contributed by atoms with Gasteiger partial charge in [-0.1, -0.05) is 0 Å². The lowest BCUT2D eigenvalue weighted by molar-refractivity contribution is 0.0695. The zero-order chi connectivity index (χ0) is 11.6. The molecule has 0 saturated carbocycles. The van der Waals surface area contributed by atoms with Crippen LogP contribution in [0.1, 0.15) is 10.4 Å². The van der Waals surface area contributed by atoms with Crippen LogP contribution in [0.4, 0.5) is 0 Å². The first-order chi connectivity index (χ1) is 6.88. The quantitative estimate of drug-likeness (QED) is 0.873. The molecule has 0 aliphatic heterocycles. The molecule has 0 saturated heterocycles. The molecule has 0 amide bonds.